The van der Waals surface area contributed by atoms with E-state index in [1.807, 2.05) is 18.2 Å². The summed E-state index contributed by atoms with van der Waals surface area (Å²) in [6.07, 6.45) is 3.06. The Morgan fingerprint density at radius 3 is 2.72 bits per heavy atom. The molecule has 0 aliphatic rings. The van der Waals surface area contributed by atoms with Crippen LogP contribution in [0.5, 0.6) is 5.75 Å². The molecule has 0 unspecified atom stereocenters. The Hall–Kier alpha value is -2.60. The molecule has 5 nitrogen and oxygen atoms in total. The van der Waals surface area contributed by atoms with E-state index in [1.165, 1.54) is 6.08 Å². The average Bonchev–Trinajstić information content (AvgIpc) is 2.60. The summed E-state index contributed by atoms with van der Waals surface area (Å²) in [5, 5.41) is 2.72. The van der Waals surface area contributed by atoms with Crippen LogP contribution >= 0.6 is 15.9 Å². The van der Waals surface area contributed by atoms with Gasteiger partial charge in [0, 0.05) is 21.8 Å². The van der Waals surface area contributed by atoms with Crippen molar-refractivity contribution >= 4 is 39.6 Å². The molecular formula is C19H18BrNO4. The van der Waals surface area contributed by atoms with Crippen LogP contribution in [0.4, 0.5) is 5.69 Å². The van der Waals surface area contributed by atoms with E-state index < -0.39 is 5.97 Å². The van der Waals surface area contributed by atoms with Crippen molar-refractivity contribution in [3.63, 3.8) is 0 Å². The van der Waals surface area contributed by atoms with E-state index in [4.69, 9.17) is 9.47 Å². The van der Waals surface area contributed by atoms with Crippen LogP contribution in [0.25, 0.3) is 6.08 Å². The Bertz CT molecular complexity index is 802. The number of carbonyl (C=O) groups excluding carboxylic acids is 2. The maximum Gasteiger partial charge on any atom is 0.338 e. The summed E-state index contributed by atoms with van der Waals surface area (Å²) in [6, 6.07) is 12.1. The molecule has 0 aliphatic carbocycles. The lowest BCUT2D eigenvalue weighted by Crippen LogP contribution is -2.09. The number of carbonyl (C=O) groups is 2. The summed E-state index contributed by atoms with van der Waals surface area (Å²) >= 11 is 3.39. The third kappa shape index (κ3) is 5.46. The highest BCUT2D eigenvalue weighted by Gasteiger charge is 2.08. The number of rotatable bonds is 6. The standard InChI is InChI=1S/C19H18BrNO4/c1-3-25-19(23)14-5-4-6-16(12-14)21-18(22)10-7-13-11-15(20)8-9-17(13)24-2/h4-12H,3H2,1-2H3,(H,21,22)/b10-7+. The van der Waals surface area contributed by atoms with Crippen LogP contribution in [0.15, 0.2) is 53.0 Å². The highest BCUT2D eigenvalue weighted by molar-refractivity contribution is 9.10. The van der Waals surface area contributed by atoms with Crippen molar-refractivity contribution < 1.29 is 19.1 Å². The molecule has 0 heterocycles. The SMILES string of the molecule is CCOC(=O)c1cccc(NC(=O)/C=C/c2cc(Br)ccc2OC)c1. The fourth-order valence-corrected chi connectivity index (χ4v) is 2.50. The van der Waals surface area contributed by atoms with Gasteiger partial charge in [0.1, 0.15) is 5.75 Å². The van der Waals surface area contributed by atoms with E-state index in [0.717, 1.165) is 10.0 Å². The van der Waals surface area contributed by atoms with Crippen molar-refractivity contribution in [2.45, 2.75) is 6.92 Å². The van der Waals surface area contributed by atoms with Crippen LogP contribution in [0.1, 0.15) is 22.8 Å². The summed E-state index contributed by atoms with van der Waals surface area (Å²) in [5.41, 5.74) is 1.67. The Balaban J connectivity index is 2.09. The first-order chi connectivity index (χ1) is 12.0. The molecule has 25 heavy (non-hydrogen) atoms. The van der Waals surface area contributed by atoms with Gasteiger partial charge in [-0.15, -0.1) is 0 Å². The van der Waals surface area contributed by atoms with Crippen molar-refractivity contribution in [3.8, 4) is 5.75 Å². The van der Waals surface area contributed by atoms with Crippen LogP contribution < -0.4 is 10.1 Å². The van der Waals surface area contributed by atoms with Gasteiger partial charge in [-0.3, -0.25) is 4.79 Å². The number of amides is 1. The third-order valence-corrected chi connectivity index (χ3v) is 3.74. The zero-order valence-corrected chi connectivity index (χ0v) is 15.5. The fraction of sp³-hybridized carbons (Fsp3) is 0.158. The molecule has 0 saturated heterocycles. The maximum atomic E-state index is 12.1. The Kier molecular flexibility index (Phi) is 6.77. The van der Waals surface area contributed by atoms with E-state index in [2.05, 4.69) is 21.2 Å². The number of methoxy groups -OCH3 is 1. The van der Waals surface area contributed by atoms with Gasteiger partial charge in [-0.1, -0.05) is 22.0 Å². The van der Waals surface area contributed by atoms with Crippen molar-refractivity contribution in [1.29, 1.82) is 0 Å². The Morgan fingerprint density at radius 2 is 2.00 bits per heavy atom. The maximum absolute atomic E-state index is 12.1. The van der Waals surface area contributed by atoms with E-state index >= 15 is 0 Å². The lowest BCUT2D eigenvalue weighted by molar-refractivity contribution is -0.111. The molecule has 0 spiro atoms. The van der Waals surface area contributed by atoms with E-state index in [9.17, 15) is 9.59 Å². The lowest BCUT2D eigenvalue weighted by Gasteiger charge is -2.06. The first-order valence-corrected chi connectivity index (χ1v) is 8.42. The van der Waals surface area contributed by atoms with Gasteiger partial charge in [0.25, 0.3) is 0 Å². The predicted octanol–water partition coefficient (Wildman–Crippen LogP) is 4.29. The van der Waals surface area contributed by atoms with Crippen molar-refractivity contribution in [2.75, 3.05) is 19.0 Å². The Morgan fingerprint density at radius 1 is 1.20 bits per heavy atom. The minimum atomic E-state index is -0.423. The molecule has 0 atom stereocenters. The molecule has 0 aliphatic heterocycles. The Labute approximate surface area is 154 Å². The van der Waals surface area contributed by atoms with E-state index in [0.29, 0.717) is 23.6 Å². The van der Waals surface area contributed by atoms with E-state index in [1.54, 1.807) is 44.4 Å². The second kappa shape index (κ2) is 9.03. The number of esters is 1. The third-order valence-electron chi connectivity index (χ3n) is 3.25. The smallest absolute Gasteiger partial charge is 0.338 e. The number of ether oxygens (including phenoxy) is 2. The normalized spacial score (nSPS) is 10.5. The molecule has 2 aromatic rings. The first-order valence-electron chi connectivity index (χ1n) is 7.63. The minimum absolute atomic E-state index is 0.298. The second-order valence-electron chi connectivity index (χ2n) is 5.01. The molecule has 2 aromatic carbocycles. The molecule has 0 fully saturated rings. The van der Waals surface area contributed by atoms with Crippen molar-refractivity contribution in [3.05, 3.63) is 64.1 Å². The van der Waals surface area contributed by atoms with Gasteiger partial charge in [-0.2, -0.15) is 0 Å². The van der Waals surface area contributed by atoms with Crippen LogP contribution in [-0.4, -0.2) is 25.6 Å². The van der Waals surface area contributed by atoms with Crippen LogP contribution in [0, 0.1) is 0 Å². The zero-order chi connectivity index (χ0) is 18.2. The highest BCUT2D eigenvalue weighted by atomic mass is 79.9. The van der Waals surface area contributed by atoms with Gasteiger partial charge in [-0.25, -0.2) is 4.79 Å². The van der Waals surface area contributed by atoms with Gasteiger partial charge < -0.3 is 14.8 Å². The molecule has 130 valence electrons. The first kappa shape index (κ1) is 18.7. The number of anilines is 1. The van der Waals surface area contributed by atoms with Crippen molar-refractivity contribution in [1.82, 2.24) is 0 Å². The summed E-state index contributed by atoms with van der Waals surface area (Å²) < 4.78 is 11.1. The number of hydrogen-bond donors (Lipinski definition) is 1. The zero-order valence-electron chi connectivity index (χ0n) is 13.9. The van der Waals surface area contributed by atoms with Gasteiger partial charge in [0.15, 0.2) is 0 Å². The number of halogens is 1. The predicted molar refractivity (Wildman–Crippen MR) is 101 cm³/mol. The molecule has 6 heteroatoms. The molecule has 0 aromatic heterocycles. The largest absolute Gasteiger partial charge is 0.496 e. The summed E-state index contributed by atoms with van der Waals surface area (Å²) in [5.74, 6) is -0.0763. The van der Waals surface area contributed by atoms with Crippen LogP contribution in [0.2, 0.25) is 0 Å². The lowest BCUT2D eigenvalue weighted by atomic mass is 10.2. The average molecular weight is 404 g/mol. The quantitative estimate of drug-likeness (QED) is 0.577. The number of benzene rings is 2. The number of nitrogens with one attached hydrogen (secondary N) is 1. The molecule has 2 rings (SSSR count). The molecule has 0 saturated carbocycles. The number of hydrogen-bond acceptors (Lipinski definition) is 4. The van der Waals surface area contributed by atoms with Gasteiger partial charge >= 0.3 is 5.97 Å². The summed E-state index contributed by atoms with van der Waals surface area (Å²) in [7, 11) is 1.57. The molecule has 1 N–H and O–H groups in total. The van der Waals surface area contributed by atoms with Crippen molar-refractivity contribution in [2.24, 2.45) is 0 Å². The summed E-state index contributed by atoms with van der Waals surface area (Å²) in [4.78, 5) is 23.8. The van der Waals surface area contributed by atoms with Gasteiger partial charge in [0.05, 0.1) is 19.3 Å². The van der Waals surface area contributed by atoms with E-state index in [-0.39, 0.29) is 5.91 Å². The highest BCUT2D eigenvalue weighted by Crippen LogP contribution is 2.24. The topological polar surface area (TPSA) is 64.6 Å². The molecule has 0 bridgehead atoms. The molecule has 1 amide bonds. The van der Waals surface area contributed by atoms with Crippen LogP contribution in [-0.2, 0) is 9.53 Å². The van der Waals surface area contributed by atoms with Gasteiger partial charge in [0.2, 0.25) is 5.91 Å². The monoisotopic (exact) mass is 403 g/mol. The summed E-state index contributed by atoms with van der Waals surface area (Å²) in [6.45, 7) is 2.04. The fourth-order valence-electron chi connectivity index (χ4n) is 2.12. The van der Waals surface area contributed by atoms with Crippen LogP contribution in [0.3, 0.4) is 0 Å². The van der Waals surface area contributed by atoms with Gasteiger partial charge in [-0.05, 0) is 49.4 Å². The molecule has 0 radical (unpaired) electrons. The second-order valence-corrected chi connectivity index (χ2v) is 5.93. The molecular weight excluding hydrogens is 386 g/mol. The minimum Gasteiger partial charge on any atom is -0.496 e.